The second kappa shape index (κ2) is 9.44. The van der Waals surface area contributed by atoms with Gasteiger partial charge in [-0.05, 0) is 44.5 Å². The lowest BCUT2D eigenvalue weighted by Gasteiger charge is -2.52. The number of likely N-dealkylation sites (N-methyl/N-ethyl adjacent to an activating group) is 1. The van der Waals surface area contributed by atoms with Gasteiger partial charge in [0.1, 0.15) is 11.6 Å². The van der Waals surface area contributed by atoms with Crippen LogP contribution in [0, 0.1) is 23.7 Å². The molecular formula is C25H29ClN4O8. The van der Waals surface area contributed by atoms with Gasteiger partial charge in [0.25, 0.3) is 0 Å². The Balaban J connectivity index is 1.89. The fourth-order valence-corrected chi connectivity index (χ4v) is 6.40. The number of nitrogens with zero attached hydrogens (tertiary/aromatic N) is 2. The Morgan fingerprint density at radius 3 is 2.32 bits per heavy atom. The first kappa shape index (κ1) is 27.7. The summed E-state index contributed by atoms with van der Waals surface area (Å²) in [6, 6.07) is 0.312. The summed E-state index contributed by atoms with van der Waals surface area (Å²) in [5.41, 5.74) is 3.13. The van der Waals surface area contributed by atoms with Crippen LogP contribution in [0.15, 0.2) is 6.07 Å². The second-order valence-corrected chi connectivity index (χ2v) is 10.8. The summed E-state index contributed by atoms with van der Waals surface area (Å²) >= 11 is 5.58. The van der Waals surface area contributed by atoms with Gasteiger partial charge in [0.2, 0.25) is 11.8 Å². The lowest BCUT2D eigenvalue weighted by Crippen LogP contribution is -2.74. The molecule has 2 amide bonds. The van der Waals surface area contributed by atoms with Gasteiger partial charge in [-0.25, -0.2) is 0 Å². The zero-order chi connectivity index (χ0) is 28.4. The molecule has 0 bridgehead atoms. The molecule has 38 heavy (non-hydrogen) atoms. The molecule has 6 atom stereocenters. The average Bonchev–Trinajstić information content (AvgIpc) is 2.82. The van der Waals surface area contributed by atoms with E-state index < -0.39 is 81.9 Å². The molecule has 1 aromatic rings. The number of aromatic hydroxyl groups is 1. The highest BCUT2D eigenvalue weighted by molar-refractivity contribution is 6.33. The van der Waals surface area contributed by atoms with Crippen LogP contribution in [0.4, 0.5) is 11.4 Å². The molecule has 3 aliphatic carbocycles. The summed E-state index contributed by atoms with van der Waals surface area (Å²) in [5, 5.41) is 25.0. The molecule has 2 unspecified atom stereocenters. The molecule has 5 N–H and O–H groups in total. The molecule has 0 radical (unpaired) electrons. The van der Waals surface area contributed by atoms with Crippen molar-refractivity contribution in [1.29, 1.82) is 0 Å². The molecule has 1 aromatic carbocycles. The molecule has 204 valence electrons. The SMILES string of the molecule is CN(C)c1cc(NC(=O)CCl)c(O)c2c1C[C@H]1C[C@H]3[C@H](N(C)C)C(=O)C(C(N)=O)C(=O)[C@@]3(O)C(=O)C1C2=O. The van der Waals surface area contributed by atoms with Gasteiger partial charge in [0.15, 0.2) is 34.7 Å². The maximum absolute atomic E-state index is 13.9. The Morgan fingerprint density at radius 1 is 1.16 bits per heavy atom. The Morgan fingerprint density at radius 2 is 1.79 bits per heavy atom. The number of Topliss-reactive ketones (excluding diaryl/α,β-unsaturated/α-hetero) is 4. The topological polar surface area (TPSA) is 187 Å². The summed E-state index contributed by atoms with van der Waals surface area (Å²) < 4.78 is 0. The zero-order valence-electron chi connectivity index (χ0n) is 21.3. The number of phenols is 1. The minimum absolute atomic E-state index is 0.0533. The van der Waals surface area contributed by atoms with Crippen LogP contribution in [0.3, 0.4) is 0 Å². The van der Waals surface area contributed by atoms with Crippen LogP contribution in [0.1, 0.15) is 22.3 Å². The van der Waals surface area contributed by atoms with Crippen molar-refractivity contribution in [2.24, 2.45) is 29.4 Å². The minimum atomic E-state index is -2.80. The van der Waals surface area contributed by atoms with Crippen molar-refractivity contribution >= 4 is 57.9 Å². The Hall–Kier alpha value is -3.35. The Labute approximate surface area is 223 Å². The van der Waals surface area contributed by atoms with E-state index in [4.69, 9.17) is 17.3 Å². The third-order valence-corrected chi connectivity index (χ3v) is 8.16. The second-order valence-electron chi connectivity index (χ2n) is 10.5. The largest absolute Gasteiger partial charge is 0.505 e. The molecule has 4 rings (SSSR count). The molecule has 0 heterocycles. The number of nitrogens with one attached hydrogen (secondary N) is 1. The number of phenolic OH excluding ortho intramolecular Hbond substituents is 1. The number of rotatable bonds is 5. The number of ketones is 4. The highest BCUT2D eigenvalue weighted by atomic mass is 35.5. The summed E-state index contributed by atoms with van der Waals surface area (Å²) in [4.78, 5) is 81.3. The quantitative estimate of drug-likeness (QED) is 0.204. The first-order valence-corrected chi connectivity index (χ1v) is 12.5. The molecule has 2 fully saturated rings. The van der Waals surface area contributed by atoms with Crippen molar-refractivity contribution in [2.75, 3.05) is 44.3 Å². The van der Waals surface area contributed by atoms with E-state index in [1.165, 1.54) is 25.1 Å². The summed E-state index contributed by atoms with van der Waals surface area (Å²) in [6.07, 6.45) is 0.0545. The number of amides is 2. The van der Waals surface area contributed by atoms with Gasteiger partial charge in [-0.2, -0.15) is 0 Å². The number of carbonyl (C=O) groups is 6. The molecule has 13 heteroatoms. The fourth-order valence-electron chi connectivity index (χ4n) is 6.33. The van der Waals surface area contributed by atoms with E-state index in [0.29, 0.717) is 11.3 Å². The number of benzene rings is 1. The van der Waals surface area contributed by atoms with E-state index in [0.717, 1.165) is 0 Å². The number of hydrogen-bond donors (Lipinski definition) is 4. The summed E-state index contributed by atoms with van der Waals surface area (Å²) in [7, 11) is 6.44. The van der Waals surface area contributed by atoms with E-state index in [-0.39, 0.29) is 24.1 Å². The number of aliphatic hydroxyl groups is 1. The molecule has 0 saturated heterocycles. The summed E-state index contributed by atoms with van der Waals surface area (Å²) in [5.74, 6) is -12.5. The number of anilines is 2. The van der Waals surface area contributed by atoms with Crippen LogP contribution in [0.5, 0.6) is 5.75 Å². The van der Waals surface area contributed by atoms with E-state index in [9.17, 15) is 39.0 Å². The highest BCUT2D eigenvalue weighted by Crippen LogP contribution is 2.52. The normalized spacial score (nSPS) is 30.4. The number of fused-ring (bicyclic) bond motifs is 3. The number of halogens is 1. The Kier molecular flexibility index (Phi) is 6.87. The van der Waals surface area contributed by atoms with Crippen molar-refractivity contribution in [1.82, 2.24) is 4.90 Å². The predicted molar refractivity (Wildman–Crippen MR) is 135 cm³/mol. The number of primary amides is 1. The lowest BCUT2D eigenvalue weighted by molar-refractivity contribution is -0.181. The van der Waals surface area contributed by atoms with Gasteiger partial charge in [-0.3, -0.25) is 33.7 Å². The lowest BCUT2D eigenvalue weighted by atomic mass is 9.52. The number of hydrogen-bond acceptors (Lipinski definition) is 10. The summed E-state index contributed by atoms with van der Waals surface area (Å²) in [6.45, 7) is 0. The zero-order valence-corrected chi connectivity index (χ0v) is 22.0. The van der Waals surface area contributed by atoms with Crippen molar-refractivity contribution < 1.29 is 39.0 Å². The maximum Gasteiger partial charge on any atom is 0.239 e. The molecule has 12 nitrogen and oxygen atoms in total. The smallest absolute Gasteiger partial charge is 0.239 e. The molecule has 0 aromatic heterocycles. The van der Waals surface area contributed by atoms with Crippen LogP contribution in [0.25, 0.3) is 0 Å². The Bertz CT molecular complexity index is 1290. The number of nitrogens with two attached hydrogens (primary N) is 1. The van der Waals surface area contributed by atoms with Crippen LogP contribution >= 0.6 is 11.6 Å². The minimum Gasteiger partial charge on any atom is -0.505 e. The van der Waals surface area contributed by atoms with Crippen molar-refractivity contribution in [3.63, 3.8) is 0 Å². The monoisotopic (exact) mass is 548 g/mol. The average molecular weight is 549 g/mol. The third kappa shape index (κ3) is 3.81. The molecule has 0 spiro atoms. The van der Waals surface area contributed by atoms with Crippen LogP contribution in [-0.4, -0.2) is 95.8 Å². The predicted octanol–water partition coefficient (Wildman–Crippen LogP) is -0.890. The highest BCUT2D eigenvalue weighted by Gasteiger charge is 2.69. The van der Waals surface area contributed by atoms with Crippen molar-refractivity contribution in [3.8, 4) is 5.75 Å². The van der Waals surface area contributed by atoms with E-state index in [2.05, 4.69) is 5.32 Å². The molecule has 2 saturated carbocycles. The van der Waals surface area contributed by atoms with Gasteiger partial charge in [-0.1, -0.05) is 0 Å². The third-order valence-electron chi connectivity index (χ3n) is 7.92. The van der Waals surface area contributed by atoms with Gasteiger partial charge in [0, 0.05) is 25.7 Å². The fraction of sp³-hybridized carbons (Fsp3) is 0.520. The standard InChI is InChI=1S/C25H29ClN4O8/c1-29(2)13-7-12(28-14(31)8-26)19(32)16-10(13)5-9-6-11-18(30(3)4)21(34)17(24(27)37)23(36)25(11,38)22(35)15(9)20(16)33/h7,9,11,15,17-18,32,38H,5-6,8H2,1-4H3,(H2,27,37)(H,28,31)/t9-,11-,15?,17?,18-,25-/m0/s1. The first-order valence-electron chi connectivity index (χ1n) is 11.9. The van der Waals surface area contributed by atoms with E-state index >= 15 is 0 Å². The molecule has 3 aliphatic rings. The number of carbonyl (C=O) groups excluding carboxylic acids is 6. The maximum atomic E-state index is 13.9. The van der Waals surface area contributed by atoms with Gasteiger partial charge in [0.05, 0.1) is 23.2 Å². The molecular weight excluding hydrogens is 520 g/mol. The number of alkyl halides is 1. The van der Waals surface area contributed by atoms with Crippen molar-refractivity contribution in [3.05, 3.63) is 17.2 Å². The van der Waals surface area contributed by atoms with Crippen molar-refractivity contribution in [2.45, 2.75) is 24.5 Å². The van der Waals surface area contributed by atoms with Gasteiger partial charge >= 0.3 is 0 Å². The van der Waals surface area contributed by atoms with Gasteiger partial charge < -0.3 is 26.2 Å². The molecule has 0 aliphatic heterocycles. The van der Waals surface area contributed by atoms with Crippen LogP contribution in [-0.2, 0) is 30.4 Å². The van der Waals surface area contributed by atoms with Crippen LogP contribution < -0.4 is 16.0 Å². The van der Waals surface area contributed by atoms with Gasteiger partial charge in [-0.15, -0.1) is 11.6 Å². The van der Waals surface area contributed by atoms with Crippen LogP contribution in [0.2, 0.25) is 0 Å². The first-order chi connectivity index (χ1) is 17.7. The van der Waals surface area contributed by atoms with E-state index in [1.807, 2.05) is 0 Å². The van der Waals surface area contributed by atoms with E-state index in [1.54, 1.807) is 19.0 Å².